The molecule has 0 N–H and O–H groups in total. The summed E-state index contributed by atoms with van der Waals surface area (Å²) in [5.41, 5.74) is 2.77. The van der Waals surface area contributed by atoms with Gasteiger partial charge in [-0.05, 0) is 17.9 Å². The number of carbonyl (C=O) groups is 1. The van der Waals surface area contributed by atoms with Crippen LogP contribution < -0.4 is 4.74 Å². The highest BCUT2D eigenvalue weighted by molar-refractivity contribution is 7.08. The Bertz CT molecular complexity index is 613. The average molecular weight is 289 g/mol. The first-order valence-electron chi connectivity index (χ1n) is 6.48. The molecule has 1 amide bonds. The van der Waals surface area contributed by atoms with Crippen molar-refractivity contribution in [2.45, 2.75) is 12.8 Å². The van der Waals surface area contributed by atoms with Crippen molar-refractivity contribution >= 4 is 17.2 Å². The largest absolute Gasteiger partial charge is 0.481 e. The van der Waals surface area contributed by atoms with Crippen molar-refractivity contribution in [3.05, 3.63) is 40.0 Å². The number of hydrogen-bond donors (Lipinski definition) is 0. The number of carbonyl (C=O) groups excluding carboxylic acids is 1. The normalized spacial score (nSPS) is 14.6. The summed E-state index contributed by atoms with van der Waals surface area (Å²) < 4.78 is 5.28. The molecule has 3 heterocycles. The molecule has 20 heavy (non-hydrogen) atoms. The lowest BCUT2D eigenvalue weighted by atomic mass is 10.1. The van der Waals surface area contributed by atoms with Gasteiger partial charge < -0.3 is 9.64 Å². The molecule has 0 aromatic carbocycles. The van der Waals surface area contributed by atoms with Crippen LogP contribution in [0, 0.1) is 0 Å². The Morgan fingerprint density at radius 3 is 2.95 bits per heavy atom. The predicted octanol–water partition coefficient (Wildman–Crippen LogP) is 1.79. The molecule has 0 unspecified atom stereocenters. The molecule has 0 radical (unpaired) electrons. The van der Waals surface area contributed by atoms with Gasteiger partial charge in [-0.3, -0.25) is 4.79 Å². The zero-order valence-electron chi connectivity index (χ0n) is 11.2. The van der Waals surface area contributed by atoms with Crippen molar-refractivity contribution in [1.29, 1.82) is 0 Å². The zero-order chi connectivity index (χ0) is 13.9. The standard InChI is InChI=1S/C14H15N3O2S/c1-19-13-11-2-5-17(6-3-12(11)15-9-16-13)14(18)10-4-7-20-8-10/h4,7-9H,2-3,5-6H2,1H3. The minimum Gasteiger partial charge on any atom is -0.481 e. The molecule has 104 valence electrons. The maximum absolute atomic E-state index is 12.4. The van der Waals surface area contributed by atoms with E-state index in [0.29, 0.717) is 19.0 Å². The molecule has 5 nitrogen and oxygen atoms in total. The molecule has 2 aromatic rings. The lowest BCUT2D eigenvalue weighted by Crippen LogP contribution is -2.33. The molecule has 0 fully saturated rings. The molecule has 0 saturated carbocycles. The fraction of sp³-hybridized carbons (Fsp3) is 0.357. The third-order valence-corrected chi connectivity index (χ3v) is 4.18. The summed E-state index contributed by atoms with van der Waals surface area (Å²) in [5.74, 6) is 0.714. The Labute approximate surface area is 121 Å². The Hall–Kier alpha value is -1.95. The van der Waals surface area contributed by atoms with E-state index in [9.17, 15) is 4.79 Å². The molecular weight excluding hydrogens is 274 g/mol. The van der Waals surface area contributed by atoms with Crippen LogP contribution in [0.15, 0.2) is 23.2 Å². The lowest BCUT2D eigenvalue weighted by molar-refractivity contribution is 0.0763. The topological polar surface area (TPSA) is 55.3 Å². The van der Waals surface area contributed by atoms with E-state index in [-0.39, 0.29) is 5.91 Å². The van der Waals surface area contributed by atoms with E-state index < -0.39 is 0 Å². The van der Waals surface area contributed by atoms with Gasteiger partial charge in [0.1, 0.15) is 6.33 Å². The number of hydrogen-bond acceptors (Lipinski definition) is 5. The van der Waals surface area contributed by atoms with Crippen LogP contribution in [0.1, 0.15) is 21.6 Å². The fourth-order valence-corrected chi connectivity index (χ4v) is 3.07. The van der Waals surface area contributed by atoms with Gasteiger partial charge >= 0.3 is 0 Å². The smallest absolute Gasteiger partial charge is 0.254 e. The number of rotatable bonds is 2. The van der Waals surface area contributed by atoms with Crippen molar-refractivity contribution in [3.63, 3.8) is 0 Å². The van der Waals surface area contributed by atoms with Gasteiger partial charge in [-0.15, -0.1) is 0 Å². The molecule has 0 bridgehead atoms. The Morgan fingerprint density at radius 2 is 2.20 bits per heavy atom. The zero-order valence-corrected chi connectivity index (χ0v) is 12.0. The highest BCUT2D eigenvalue weighted by Crippen LogP contribution is 2.22. The van der Waals surface area contributed by atoms with Crippen molar-refractivity contribution < 1.29 is 9.53 Å². The maximum atomic E-state index is 12.4. The van der Waals surface area contributed by atoms with E-state index in [0.717, 1.165) is 29.7 Å². The summed E-state index contributed by atoms with van der Waals surface area (Å²) in [7, 11) is 1.61. The summed E-state index contributed by atoms with van der Waals surface area (Å²) in [4.78, 5) is 22.7. The van der Waals surface area contributed by atoms with Crippen LogP contribution in [0.2, 0.25) is 0 Å². The molecule has 3 rings (SSSR count). The van der Waals surface area contributed by atoms with E-state index in [1.54, 1.807) is 18.4 Å². The van der Waals surface area contributed by atoms with E-state index >= 15 is 0 Å². The molecule has 6 heteroatoms. The number of methoxy groups -OCH3 is 1. The Balaban J connectivity index is 1.81. The van der Waals surface area contributed by atoms with Crippen LogP contribution in [-0.4, -0.2) is 41.0 Å². The summed E-state index contributed by atoms with van der Waals surface area (Å²) in [5, 5.41) is 3.81. The molecule has 0 spiro atoms. The van der Waals surface area contributed by atoms with E-state index in [1.807, 2.05) is 21.7 Å². The van der Waals surface area contributed by atoms with Crippen LogP contribution in [0.25, 0.3) is 0 Å². The van der Waals surface area contributed by atoms with E-state index in [4.69, 9.17) is 4.74 Å². The molecule has 0 atom stereocenters. The van der Waals surface area contributed by atoms with E-state index in [2.05, 4.69) is 9.97 Å². The fourth-order valence-electron chi connectivity index (χ4n) is 2.44. The van der Waals surface area contributed by atoms with Crippen molar-refractivity contribution in [2.75, 3.05) is 20.2 Å². The van der Waals surface area contributed by atoms with Gasteiger partial charge in [-0.2, -0.15) is 11.3 Å². The molecule has 0 saturated heterocycles. The average Bonchev–Trinajstić information content (AvgIpc) is 2.92. The summed E-state index contributed by atoms with van der Waals surface area (Å²) in [6, 6.07) is 1.87. The highest BCUT2D eigenvalue weighted by atomic mass is 32.1. The summed E-state index contributed by atoms with van der Waals surface area (Å²) >= 11 is 1.54. The van der Waals surface area contributed by atoms with Gasteiger partial charge in [-0.25, -0.2) is 9.97 Å². The van der Waals surface area contributed by atoms with Crippen LogP contribution >= 0.6 is 11.3 Å². The minimum absolute atomic E-state index is 0.0889. The van der Waals surface area contributed by atoms with Gasteiger partial charge in [0.15, 0.2) is 0 Å². The number of aromatic nitrogens is 2. The minimum atomic E-state index is 0.0889. The third-order valence-electron chi connectivity index (χ3n) is 3.49. The molecule has 2 aromatic heterocycles. The van der Waals surface area contributed by atoms with Gasteiger partial charge in [0.05, 0.1) is 18.4 Å². The van der Waals surface area contributed by atoms with Gasteiger partial charge in [0.25, 0.3) is 5.91 Å². The second kappa shape index (κ2) is 5.58. The van der Waals surface area contributed by atoms with Crippen LogP contribution in [0.5, 0.6) is 5.88 Å². The van der Waals surface area contributed by atoms with Crippen LogP contribution in [0.3, 0.4) is 0 Å². The first-order valence-corrected chi connectivity index (χ1v) is 7.42. The highest BCUT2D eigenvalue weighted by Gasteiger charge is 2.22. The van der Waals surface area contributed by atoms with Crippen molar-refractivity contribution in [1.82, 2.24) is 14.9 Å². The van der Waals surface area contributed by atoms with Gasteiger partial charge in [0, 0.05) is 30.5 Å². The van der Waals surface area contributed by atoms with E-state index in [1.165, 1.54) is 6.33 Å². The molecule has 0 aliphatic carbocycles. The SMILES string of the molecule is COc1ncnc2c1CCN(C(=O)c1ccsc1)CC2. The monoisotopic (exact) mass is 289 g/mol. The van der Waals surface area contributed by atoms with Crippen LogP contribution in [0.4, 0.5) is 0 Å². The first-order chi connectivity index (χ1) is 9.79. The maximum Gasteiger partial charge on any atom is 0.254 e. The first kappa shape index (κ1) is 13.1. The van der Waals surface area contributed by atoms with Crippen molar-refractivity contribution in [2.24, 2.45) is 0 Å². The molecular formula is C14H15N3O2S. The second-order valence-corrected chi connectivity index (χ2v) is 5.39. The Kier molecular flexibility index (Phi) is 3.64. The van der Waals surface area contributed by atoms with Gasteiger partial charge in [-0.1, -0.05) is 0 Å². The number of fused-ring (bicyclic) bond motifs is 1. The second-order valence-electron chi connectivity index (χ2n) is 4.61. The number of thiophene rings is 1. The van der Waals surface area contributed by atoms with Gasteiger partial charge in [0.2, 0.25) is 5.88 Å². The number of nitrogens with zero attached hydrogens (tertiary/aromatic N) is 3. The molecule has 1 aliphatic heterocycles. The Morgan fingerprint density at radius 1 is 1.35 bits per heavy atom. The lowest BCUT2D eigenvalue weighted by Gasteiger charge is -2.19. The third kappa shape index (κ3) is 2.38. The van der Waals surface area contributed by atoms with Crippen LogP contribution in [-0.2, 0) is 12.8 Å². The predicted molar refractivity (Wildman–Crippen MR) is 76.2 cm³/mol. The summed E-state index contributed by atoms with van der Waals surface area (Å²) in [6.07, 6.45) is 2.99. The summed E-state index contributed by atoms with van der Waals surface area (Å²) in [6.45, 7) is 1.35. The number of ether oxygens (including phenoxy) is 1. The molecule has 1 aliphatic rings. The quantitative estimate of drug-likeness (QED) is 0.846. The van der Waals surface area contributed by atoms with Crippen molar-refractivity contribution in [3.8, 4) is 5.88 Å². The number of amides is 1.